The Morgan fingerprint density at radius 2 is 2.00 bits per heavy atom. The fraction of sp³-hybridized carbons (Fsp3) is 0.455. The van der Waals surface area contributed by atoms with Crippen LogP contribution in [-0.4, -0.2) is 0 Å². The monoisotopic (exact) mass is 249 g/mol. The number of hydrogen-bond donors (Lipinski definition) is 1. The van der Waals surface area contributed by atoms with Crippen molar-refractivity contribution in [1.82, 2.24) is 0 Å². The van der Waals surface area contributed by atoms with Crippen LogP contribution in [0.15, 0.2) is 12.1 Å². The smallest absolute Gasteiger partial charge is 0.324 e. The van der Waals surface area contributed by atoms with Gasteiger partial charge in [-0.15, -0.1) is 0 Å². The third-order valence-electron chi connectivity index (χ3n) is 2.93. The highest BCUT2D eigenvalue weighted by molar-refractivity contribution is 6.32. The molecule has 2 rings (SSSR count). The SMILES string of the molecule is N[C@H]1CCCc2c1ccc(C(F)(F)F)c2Cl. The van der Waals surface area contributed by atoms with Crippen molar-refractivity contribution in [3.05, 3.63) is 33.8 Å². The summed E-state index contributed by atoms with van der Waals surface area (Å²) in [6.45, 7) is 0. The highest BCUT2D eigenvalue weighted by Gasteiger charge is 2.35. The quantitative estimate of drug-likeness (QED) is 0.746. The summed E-state index contributed by atoms with van der Waals surface area (Å²) in [6.07, 6.45) is -2.23. The van der Waals surface area contributed by atoms with Crippen molar-refractivity contribution >= 4 is 11.6 Å². The van der Waals surface area contributed by atoms with Gasteiger partial charge >= 0.3 is 6.18 Å². The van der Waals surface area contributed by atoms with Crippen LogP contribution >= 0.6 is 11.6 Å². The molecule has 1 nitrogen and oxygen atoms in total. The summed E-state index contributed by atoms with van der Waals surface area (Å²) in [5.41, 5.74) is 6.39. The lowest BCUT2D eigenvalue weighted by Gasteiger charge is -2.24. The predicted molar refractivity (Wildman–Crippen MR) is 56.3 cm³/mol. The minimum absolute atomic E-state index is 0.180. The van der Waals surface area contributed by atoms with E-state index in [1.54, 1.807) is 0 Å². The van der Waals surface area contributed by atoms with Gasteiger partial charge in [-0.2, -0.15) is 13.2 Å². The topological polar surface area (TPSA) is 26.0 Å². The molecule has 1 aromatic rings. The van der Waals surface area contributed by atoms with E-state index in [1.807, 2.05) is 0 Å². The molecular weight excluding hydrogens is 239 g/mol. The highest BCUT2D eigenvalue weighted by atomic mass is 35.5. The van der Waals surface area contributed by atoms with E-state index in [4.69, 9.17) is 17.3 Å². The lowest BCUT2D eigenvalue weighted by atomic mass is 9.87. The van der Waals surface area contributed by atoms with Gasteiger partial charge in [0.15, 0.2) is 0 Å². The van der Waals surface area contributed by atoms with Crippen LogP contribution in [0.4, 0.5) is 13.2 Å². The second kappa shape index (κ2) is 3.93. The van der Waals surface area contributed by atoms with Crippen molar-refractivity contribution in [2.45, 2.75) is 31.5 Å². The lowest BCUT2D eigenvalue weighted by Crippen LogP contribution is -2.19. The maximum Gasteiger partial charge on any atom is 0.417 e. The normalized spacial score (nSPS) is 20.7. The van der Waals surface area contributed by atoms with Gasteiger partial charge in [0.05, 0.1) is 10.6 Å². The van der Waals surface area contributed by atoms with Crippen LogP contribution in [0.1, 0.15) is 35.6 Å². The largest absolute Gasteiger partial charge is 0.417 e. The Bertz CT molecular complexity index is 414. The van der Waals surface area contributed by atoms with Gasteiger partial charge in [-0.25, -0.2) is 0 Å². The standard InChI is InChI=1S/C11H11ClF3N/c12-10-7-2-1-3-9(16)6(7)4-5-8(10)11(13,14)15/h4-5,9H,1-3,16H2/t9-/m0/s1. The van der Waals surface area contributed by atoms with E-state index in [-0.39, 0.29) is 11.1 Å². The second-order valence-electron chi connectivity index (χ2n) is 3.99. The fourth-order valence-corrected chi connectivity index (χ4v) is 2.48. The molecule has 0 aliphatic heterocycles. The van der Waals surface area contributed by atoms with Crippen LogP contribution in [0.5, 0.6) is 0 Å². The molecule has 1 aromatic carbocycles. The molecule has 0 aromatic heterocycles. The van der Waals surface area contributed by atoms with Gasteiger partial charge < -0.3 is 5.73 Å². The van der Waals surface area contributed by atoms with Crippen LogP contribution in [0.3, 0.4) is 0 Å². The van der Waals surface area contributed by atoms with Gasteiger partial charge in [0.1, 0.15) is 0 Å². The van der Waals surface area contributed by atoms with Gasteiger partial charge in [0.2, 0.25) is 0 Å². The van der Waals surface area contributed by atoms with Crippen LogP contribution < -0.4 is 5.73 Å². The van der Waals surface area contributed by atoms with Crippen LogP contribution in [0.25, 0.3) is 0 Å². The van der Waals surface area contributed by atoms with Crippen molar-refractivity contribution < 1.29 is 13.2 Å². The molecule has 0 fully saturated rings. The number of benzene rings is 1. The summed E-state index contributed by atoms with van der Waals surface area (Å²) in [7, 11) is 0. The minimum atomic E-state index is -4.40. The first-order valence-corrected chi connectivity index (χ1v) is 5.43. The van der Waals surface area contributed by atoms with Crippen LogP contribution in [0, 0.1) is 0 Å². The van der Waals surface area contributed by atoms with Crippen molar-refractivity contribution in [3.8, 4) is 0 Å². The first-order chi connectivity index (χ1) is 7.41. The molecule has 0 radical (unpaired) electrons. The van der Waals surface area contributed by atoms with E-state index in [2.05, 4.69) is 0 Å². The lowest BCUT2D eigenvalue weighted by molar-refractivity contribution is -0.137. The van der Waals surface area contributed by atoms with E-state index in [9.17, 15) is 13.2 Å². The fourth-order valence-electron chi connectivity index (χ4n) is 2.11. The molecule has 1 atom stereocenters. The van der Waals surface area contributed by atoms with Crippen molar-refractivity contribution in [1.29, 1.82) is 0 Å². The van der Waals surface area contributed by atoms with Crippen molar-refractivity contribution in [2.24, 2.45) is 5.73 Å². The van der Waals surface area contributed by atoms with Gasteiger partial charge in [0.25, 0.3) is 0 Å². The average molecular weight is 250 g/mol. The van der Waals surface area contributed by atoms with Gasteiger partial charge in [-0.05, 0) is 36.5 Å². The number of nitrogens with two attached hydrogens (primary N) is 1. The third kappa shape index (κ3) is 1.92. The molecule has 0 unspecified atom stereocenters. The summed E-state index contributed by atoms with van der Waals surface area (Å²) in [4.78, 5) is 0. The molecule has 1 aliphatic rings. The summed E-state index contributed by atoms with van der Waals surface area (Å²) < 4.78 is 37.8. The van der Waals surface area contributed by atoms with Gasteiger partial charge in [0, 0.05) is 6.04 Å². The molecule has 0 spiro atoms. The summed E-state index contributed by atoms with van der Waals surface area (Å²) in [5.74, 6) is 0. The molecular formula is C11H11ClF3N. The number of alkyl halides is 3. The molecule has 0 heterocycles. The molecule has 88 valence electrons. The predicted octanol–water partition coefficient (Wildman–Crippen LogP) is 3.69. The molecule has 0 saturated carbocycles. The second-order valence-corrected chi connectivity index (χ2v) is 4.37. The Morgan fingerprint density at radius 3 is 2.62 bits per heavy atom. The van der Waals surface area contributed by atoms with Crippen molar-refractivity contribution in [3.63, 3.8) is 0 Å². The first kappa shape index (κ1) is 11.7. The van der Waals surface area contributed by atoms with E-state index in [0.717, 1.165) is 24.5 Å². The van der Waals surface area contributed by atoms with Gasteiger partial charge in [-0.3, -0.25) is 0 Å². The summed E-state index contributed by atoms with van der Waals surface area (Å²) in [6, 6.07) is 2.28. The van der Waals surface area contributed by atoms with Crippen molar-refractivity contribution in [2.75, 3.05) is 0 Å². The third-order valence-corrected chi connectivity index (χ3v) is 3.36. The zero-order chi connectivity index (χ0) is 11.9. The highest BCUT2D eigenvalue weighted by Crippen LogP contribution is 2.41. The maximum atomic E-state index is 12.6. The Hall–Kier alpha value is -0.740. The Balaban J connectivity index is 2.55. The molecule has 5 heteroatoms. The Labute approximate surface area is 96.4 Å². The Kier molecular flexibility index (Phi) is 2.88. The molecule has 2 N–H and O–H groups in total. The molecule has 16 heavy (non-hydrogen) atoms. The van der Waals surface area contributed by atoms with E-state index < -0.39 is 11.7 Å². The number of hydrogen-bond acceptors (Lipinski definition) is 1. The zero-order valence-corrected chi connectivity index (χ0v) is 9.20. The Morgan fingerprint density at radius 1 is 1.31 bits per heavy atom. The molecule has 1 aliphatic carbocycles. The van der Waals surface area contributed by atoms with Crippen LogP contribution in [-0.2, 0) is 12.6 Å². The first-order valence-electron chi connectivity index (χ1n) is 5.05. The number of halogens is 4. The van der Waals surface area contributed by atoms with E-state index in [1.165, 1.54) is 6.07 Å². The summed E-state index contributed by atoms with van der Waals surface area (Å²) >= 11 is 5.80. The van der Waals surface area contributed by atoms with Gasteiger partial charge in [-0.1, -0.05) is 17.7 Å². The maximum absolute atomic E-state index is 12.6. The molecule has 0 saturated heterocycles. The zero-order valence-electron chi connectivity index (χ0n) is 8.44. The molecule has 0 amide bonds. The van der Waals surface area contributed by atoms with Crippen LogP contribution in [0.2, 0.25) is 5.02 Å². The van der Waals surface area contributed by atoms with E-state index >= 15 is 0 Å². The van der Waals surface area contributed by atoms with E-state index in [0.29, 0.717) is 12.0 Å². The molecule has 0 bridgehead atoms. The number of fused-ring (bicyclic) bond motifs is 1. The summed E-state index contributed by atoms with van der Waals surface area (Å²) in [5, 5.41) is -0.180. The minimum Gasteiger partial charge on any atom is -0.324 e. The number of rotatable bonds is 0. The average Bonchev–Trinajstić information content (AvgIpc) is 2.18.